The van der Waals surface area contributed by atoms with E-state index in [1.54, 1.807) is 0 Å². The van der Waals surface area contributed by atoms with Crippen molar-refractivity contribution in [1.29, 1.82) is 0 Å². The van der Waals surface area contributed by atoms with Crippen LogP contribution in [0.25, 0.3) is 0 Å². The van der Waals surface area contributed by atoms with Gasteiger partial charge < -0.3 is 5.32 Å². The van der Waals surface area contributed by atoms with Gasteiger partial charge in [0.1, 0.15) is 0 Å². The van der Waals surface area contributed by atoms with E-state index in [9.17, 15) is 4.79 Å². The van der Waals surface area contributed by atoms with E-state index in [4.69, 9.17) is 0 Å². The van der Waals surface area contributed by atoms with E-state index < -0.39 is 0 Å². The Morgan fingerprint density at radius 3 is 2.64 bits per heavy atom. The average molecular weight is 176 g/mol. The number of amides is 1. The molecule has 0 aliphatic rings. The molecule has 0 fully saturated rings. The molecular formula is C7H16N2OS. The number of hydrogen-bond donors (Lipinski definition) is 2. The second-order valence-electron chi connectivity index (χ2n) is 2.62. The summed E-state index contributed by atoms with van der Waals surface area (Å²) in [5.74, 6) is -0.00311. The number of thiol groups is 1. The largest absolute Gasteiger partial charge is 0.317 e. The highest BCUT2D eigenvalue weighted by Crippen LogP contribution is 1.98. The van der Waals surface area contributed by atoms with E-state index in [2.05, 4.69) is 25.1 Å². The van der Waals surface area contributed by atoms with Crippen LogP contribution in [0.3, 0.4) is 0 Å². The molecule has 1 amide bonds. The Hall–Kier alpha value is -0.220. The van der Waals surface area contributed by atoms with Crippen molar-refractivity contribution < 1.29 is 4.79 Å². The fourth-order valence-corrected chi connectivity index (χ4v) is 0.733. The van der Waals surface area contributed by atoms with Crippen molar-refractivity contribution in [2.24, 2.45) is 0 Å². The van der Waals surface area contributed by atoms with Crippen molar-refractivity contribution >= 4 is 18.7 Å². The fraction of sp³-hybridized carbons (Fsp3) is 0.857. The lowest BCUT2D eigenvalue weighted by molar-refractivity contribution is -0.123. The van der Waals surface area contributed by atoms with Crippen molar-refractivity contribution in [2.75, 3.05) is 13.6 Å². The second-order valence-corrected chi connectivity index (χ2v) is 3.10. The maximum atomic E-state index is 10.7. The van der Waals surface area contributed by atoms with Crippen molar-refractivity contribution in [3.63, 3.8) is 0 Å². The maximum absolute atomic E-state index is 10.7. The van der Waals surface area contributed by atoms with E-state index in [0.29, 0.717) is 12.6 Å². The van der Waals surface area contributed by atoms with Crippen LogP contribution in [-0.4, -0.2) is 29.8 Å². The lowest BCUT2D eigenvalue weighted by atomic mass is 10.2. The van der Waals surface area contributed by atoms with Gasteiger partial charge in [-0.25, -0.2) is 0 Å². The minimum atomic E-state index is -0.00311. The highest BCUT2D eigenvalue weighted by Gasteiger charge is 2.04. The Morgan fingerprint density at radius 2 is 2.27 bits per heavy atom. The zero-order valence-corrected chi connectivity index (χ0v) is 8.19. The second kappa shape index (κ2) is 5.43. The third-order valence-corrected chi connectivity index (χ3v) is 2.11. The molecule has 0 saturated carbocycles. The van der Waals surface area contributed by atoms with E-state index in [0.717, 1.165) is 6.42 Å². The number of hydrogen-bond acceptors (Lipinski definition) is 3. The predicted molar refractivity (Wildman–Crippen MR) is 49.5 cm³/mol. The minimum Gasteiger partial charge on any atom is -0.317 e. The van der Waals surface area contributed by atoms with Gasteiger partial charge >= 0.3 is 0 Å². The molecule has 0 aromatic heterocycles. The first kappa shape index (κ1) is 10.8. The third kappa shape index (κ3) is 5.09. The van der Waals surface area contributed by atoms with Crippen molar-refractivity contribution in [3.05, 3.63) is 0 Å². The summed E-state index contributed by atoms with van der Waals surface area (Å²) in [6.07, 6.45) is 0.930. The van der Waals surface area contributed by atoms with Gasteiger partial charge in [-0.3, -0.25) is 9.10 Å². The molecule has 66 valence electrons. The van der Waals surface area contributed by atoms with Gasteiger partial charge in [-0.1, -0.05) is 12.8 Å². The van der Waals surface area contributed by atoms with Crippen LogP contribution in [0, 0.1) is 0 Å². The molecule has 0 spiro atoms. The van der Waals surface area contributed by atoms with Gasteiger partial charge in [-0.05, 0) is 20.4 Å². The monoisotopic (exact) mass is 176 g/mol. The smallest absolute Gasteiger partial charge is 0.229 e. The van der Waals surface area contributed by atoms with Gasteiger partial charge in [0, 0.05) is 19.5 Å². The number of carbonyl (C=O) groups excluding carboxylic acids is 1. The number of carbonyl (C=O) groups is 1. The van der Waals surface area contributed by atoms with E-state index >= 15 is 0 Å². The maximum Gasteiger partial charge on any atom is 0.229 e. The van der Waals surface area contributed by atoms with Gasteiger partial charge in [0.05, 0.1) is 0 Å². The molecule has 0 heterocycles. The van der Waals surface area contributed by atoms with Crippen LogP contribution in [0.5, 0.6) is 0 Å². The van der Waals surface area contributed by atoms with Crippen LogP contribution in [-0.2, 0) is 4.79 Å². The van der Waals surface area contributed by atoms with Crippen LogP contribution >= 0.6 is 12.8 Å². The molecule has 11 heavy (non-hydrogen) atoms. The third-order valence-electron chi connectivity index (χ3n) is 1.63. The molecule has 0 aliphatic carbocycles. The molecule has 1 N–H and O–H groups in total. The highest BCUT2D eigenvalue weighted by molar-refractivity contribution is 7.78. The van der Waals surface area contributed by atoms with E-state index in [1.165, 1.54) is 11.2 Å². The number of nitrogens with one attached hydrogen (secondary N) is 1. The first-order valence-corrected chi connectivity index (χ1v) is 4.12. The molecule has 0 aliphatic heterocycles. The van der Waals surface area contributed by atoms with Crippen LogP contribution in [0.2, 0.25) is 0 Å². The summed E-state index contributed by atoms with van der Waals surface area (Å²) >= 11 is 3.99. The molecule has 0 saturated heterocycles. The van der Waals surface area contributed by atoms with Crippen LogP contribution in [0.15, 0.2) is 0 Å². The zero-order valence-electron chi connectivity index (χ0n) is 7.29. The summed E-state index contributed by atoms with van der Waals surface area (Å²) in [4.78, 5) is 10.7. The SMILES string of the molecule is CNC(C)CCN(S)C(C)=O. The molecule has 0 bridgehead atoms. The normalized spacial score (nSPS) is 12.7. The van der Waals surface area contributed by atoms with Crippen molar-refractivity contribution in [3.8, 4) is 0 Å². The Morgan fingerprint density at radius 1 is 1.73 bits per heavy atom. The van der Waals surface area contributed by atoms with Crippen molar-refractivity contribution in [1.82, 2.24) is 9.62 Å². The lowest BCUT2D eigenvalue weighted by Crippen LogP contribution is -2.28. The molecule has 4 heteroatoms. The van der Waals surface area contributed by atoms with Crippen LogP contribution in [0.1, 0.15) is 20.3 Å². The Bertz CT molecular complexity index is 130. The fourth-order valence-electron chi connectivity index (χ4n) is 0.618. The predicted octanol–water partition coefficient (Wildman–Crippen LogP) is 0.678. The van der Waals surface area contributed by atoms with Crippen molar-refractivity contribution in [2.45, 2.75) is 26.3 Å². The summed E-state index contributed by atoms with van der Waals surface area (Å²) in [7, 11) is 1.90. The number of rotatable bonds is 4. The first-order chi connectivity index (χ1) is 5.07. The summed E-state index contributed by atoms with van der Waals surface area (Å²) < 4.78 is 1.42. The molecule has 3 nitrogen and oxygen atoms in total. The number of nitrogens with zero attached hydrogens (tertiary/aromatic N) is 1. The summed E-state index contributed by atoms with van der Waals surface area (Å²) in [6, 6.07) is 0.434. The lowest BCUT2D eigenvalue weighted by Gasteiger charge is -2.15. The summed E-state index contributed by atoms with van der Waals surface area (Å²) in [5, 5.41) is 3.09. The van der Waals surface area contributed by atoms with Crippen LogP contribution < -0.4 is 5.32 Å². The minimum absolute atomic E-state index is 0.00311. The molecule has 0 radical (unpaired) electrons. The van der Waals surface area contributed by atoms with E-state index in [1.807, 2.05) is 7.05 Å². The average Bonchev–Trinajstić information content (AvgIpc) is 1.99. The van der Waals surface area contributed by atoms with Gasteiger partial charge in [-0.15, -0.1) is 0 Å². The zero-order chi connectivity index (χ0) is 8.85. The Balaban J connectivity index is 3.45. The van der Waals surface area contributed by atoms with Crippen LogP contribution in [0.4, 0.5) is 0 Å². The summed E-state index contributed by atoms with van der Waals surface area (Å²) in [6.45, 7) is 4.28. The molecule has 0 aromatic rings. The van der Waals surface area contributed by atoms with Gasteiger partial charge in [0.15, 0.2) is 0 Å². The van der Waals surface area contributed by atoms with Gasteiger partial charge in [0.2, 0.25) is 5.91 Å². The molecule has 1 unspecified atom stereocenters. The standard InChI is InChI=1S/C7H16N2OS/c1-6(8-3)4-5-9(11)7(2)10/h6,8,11H,4-5H2,1-3H3. The first-order valence-electron chi connectivity index (χ1n) is 3.72. The summed E-state index contributed by atoms with van der Waals surface area (Å²) in [5.41, 5.74) is 0. The molecule has 1 atom stereocenters. The molecule has 0 rings (SSSR count). The quantitative estimate of drug-likeness (QED) is 0.617. The van der Waals surface area contributed by atoms with Gasteiger partial charge in [0.25, 0.3) is 0 Å². The highest BCUT2D eigenvalue weighted by atomic mass is 32.1. The molecule has 0 aromatic carbocycles. The van der Waals surface area contributed by atoms with E-state index in [-0.39, 0.29) is 5.91 Å². The topological polar surface area (TPSA) is 32.3 Å². The Labute approximate surface area is 73.7 Å². The van der Waals surface area contributed by atoms with Gasteiger partial charge in [-0.2, -0.15) is 0 Å². The Kier molecular flexibility index (Phi) is 5.32. The molecular weight excluding hydrogens is 160 g/mol.